The monoisotopic (exact) mass is 792 g/mol. The highest BCUT2D eigenvalue weighted by Crippen LogP contribution is 2.48. The molecule has 0 aliphatic rings. The first-order chi connectivity index (χ1) is 30.8. The first-order valence-corrected chi connectivity index (χ1v) is 21.1. The molecular formula is C58H36N2O2. The smallest absolute Gasteiger partial charge is 0.143 e. The summed E-state index contributed by atoms with van der Waals surface area (Å²) < 4.78 is 15.6. The van der Waals surface area contributed by atoms with Gasteiger partial charge in [0.1, 0.15) is 22.3 Å². The lowest BCUT2D eigenvalue weighted by Crippen LogP contribution is -2.11. The van der Waals surface area contributed by atoms with E-state index in [1.165, 1.54) is 27.4 Å². The Morgan fingerprint density at radius 2 is 1.00 bits per heavy atom. The number of benzene rings is 10. The molecule has 0 spiro atoms. The first-order valence-electron chi connectivity index (χ1n) is 21.1. The van der Waals surface area contributed by atoms with Crippen LogP contribution in [0.1, 0.15) is 0 Å². The van der Waals surface area contributed by atoms with Crippen molar-refractivity contribution in [3.05, 3.63) is 218 Å². The van der Waals surface area contributed by atoms with E-state index in [0.29, 0.717) is 0 Å². The van der Waals surface area contributed by atoms with Crippen LogP contribution >= 0.6 is 0 Å². The van der Waals surface area contributed by atoms with Crippen LogP contribution < -0.4 is 4.90 Å². The average Bonchev–Trinajstić information content (AvgIpc) is 4.02. The van der Waals surface area contributed by atoms with Gasteiger partial charge in [0.2, 0.25) is 0 Å². The molecule has 0 saturated heterocycles. The van der Waals surface area contributed by atoms with Gasteiger partial charge in [-0.25, -0.2) is 0 Å². The van der Waals surface area contributed by atoms with Crippen molar-refractivity contribution in [3.8, 4) is 27.9 Å². The molecule has 13 aromatic rings. The minimum absolute atomic E-state index is 0.845. The van der Waals surface area contributed by atoms with Gasteiger partial charge < -0.3 is 18.3 Å². The van der Waals surface area contributed by atoms with Crippen molar-refractivity contribution >= 4 is 93.5 Å². The van der Waals surface area contributed by atoms with E-state index in [0.717, 1.165) is 94.1 Å². The number of para-hydroxylation sites is 4. The largest absolute Gasteiger partial charge is 0.456 e. The zero-order valence-corrected chi connectivity index (χ0v) is 33.5. The summed E-state index contributed by atoms with van der Waals surface area (Å²) in [6.07, 6.45) is 0. The van der Waals surface area contributed by atoms with Crippen molar-refractivity contribution in [1.29, 1.82) is 0 Å². The standard InChI is InChI=1S/C58H36N2O2/c1-2-15-40(16-3-1)59-50-23-10-7-20-47(50)56-43(21-12-24-51(56)59)38-28-32-41(33-29-38)60(52-25-13-27-54-57(52)48-35-30-37-14-4-5-18-44(37)58(48)62-54)49-22-9-6-17-42(49)39-31-34-46-45-19-8-11-26-53(45)61-55(46)36-39/h1-36H. The highest BCUT2D eigenvalue weighted by molar-refractivity contribution is 6.20. The van der Waals surface area contributed by atoms with Crippen LogP contribution in [0.2, 0.25) is 0 Å². The summed E-state index contributed by atoms with van der Waals surface area (Å²) in [6.45, 7) is 0. The second-order valence-electron chi connectivity index (χ2n) is 16.0. The highest BCUT2D eigenvalue weighted by Gasteiger charge is 2.24. The van der Waals surface area contributed by atoms with E-state index in [4.69, 9.17) is 8.83 Å². The molecule has 3 heterocycles. The highest BCUT2D eigenvalue weighted by atomic mass is 16.3. The van der Waals surface area contributed by atoms with Gasteiger partial charge in [-0.1, -0.05) is 140 Å². The van der Waals surface area contributed by atoms with Gasteiger partial charge in [-0.2, -0.15) is 0 Å². The van der Waals surface area contributed by atoms with Crippen molar-refractivity contribution in [2.75, 3.05) is 4.90 Å². The lowest BCUT2D eigenvalue weighted by molar-refractivity contribution is 0.669. The zero-order valence-electron chi connectivity index (χ0n) is 33.5. The number of anilines is 3. The predicted octanol–water partition coefficient (Wildman–Crippen LogP) is 16.5. The maximum absolute atomic E-state index is 6.77. The average molecular weight is 793 g/mol. The summed E-state index contributed by atoms with van der Waals surface area (Å²) in [5.74, 6) is 0. The summed E-state index contributed by atoms with van der Waals surface area (Å²) in [7, 11) is 0. The molecule has 13 rings (SSSR count). The van der Waals surface area contributed by atoms with Crippen molar-refractivity contribution in [2.24, 2.45) is 0 Å². The molecule has 10 aromatic carbocycles. The third-order valence-corrected chi connectivity index (χ3v) is 12.6. The summed E-state index contributed by atoms with van der Waals surface area (Å²) in [4.78, 5) is 2.40. The number of rotatable bonds is 6. The number of nitrogens with zero attached hydrogens (tertiary/aromatic N) is 2. The van der Waals surface area contributed by atoms with E-state index in [-0.39, 0.29) is 0 Å². The molecule has 0 fully saturated rings. The molecule has 0 aliphatic carbocycles. The van der Waals surface area contributed by atoms with Crippen molar-refractivity contribution in [1.82, 2.24) is 4.57 Å². The maximum Gasteiger partial charge on any atom is 0.143 e. The van der Waals surface area contributed by atoms with Crippen LogP contribution in [0.4, 0.5) is 17.1 Å². The van der Waals surface area contributed by atoms with E-state index in [1.54, 1.807) is 0 Å². The Morgan fingerprint density at radius 1 is 0.355 bits per heavy atom. The van der Waals surface area contributed by atoms with Crippen LogP contribution in [0.25, 0.3) is 104 Å². The Balaban J connectivity index is 1.03. The van der Waals surface area contributed by atoms with Crippen LogP contribution in [-0.2, 0) is 0 Å². The van der Waals surface area contributed by atoms with E-state index in [2.05, 4.69) is 216 Å². The lowest BCUT2D eigenvalue weighted by atomic mass is 9.97. The third-order valence-electron chi connectivity index (χ3n) is 12.6. The fraction of sp³-hybridized carbons (Fsp3) is 0. The van der Waals surface area contributed by atoms with E-state index < -0.39 is 0 Å². The van der Waals surface area contributed by atoms with Gasteiger partial charge in [-0.05, 0) is 101 Å². The van der Waals surface area contributed by atoms with Gasteiger partial charge in [0.15, 0.2) is 0 Å². The Labute approximate surface area is 356 Å². The number of fused-ring (bicyclic) bond motifs is 11. The quantitative estimate of drug-likeness (QED) is 0.168. The molecule has 0 atom stereocenters. The second kappa shape index (κ2) is 13.6. The van der Waals surface area contributed by atoms with E-state index >= 15 is 0 Å². The first kappa shape index (κ1) is 34.5. The SMILES string of the molecule is c1ccc(-n2c3ccccc3c3c(-c4ccc(N(c5ccccc5-c5ccc6c(c5)oc5ccccc56)c5cccc6oc7c8ccccc8ccc7c56)cc4)cccc32)cc1. The van der Waals surface area contributed by atoms with Gasteiger partial charge in [0.25, 0.3) is 0 Å². The van der Waals surface area contributed by atoms with Crippen molar-refractivity contribution in [2.45, 2.75) is 0 Å². The second-order valence-corrected chi connectivity index (χ2v) is 16.0. The number of hydrogen-bond donors (Lipinski definition) is 0. The molecule has 62 heavy (non-hydrogen) atoms. The molecule has 0 saturated carbocycles. The molecular weight excluding hydrogens is 757 g/mol. The van der Waals surface area contributed by atoms with E-state index in [1.807, 2.05) is 12.1 Å². The molecule has 4 nitrogen and oxygen atoms in total. The van der Waals surface area contributed by atoms with Crippen LogP contribution in [0, 0.1) is 0 Å². The maximum atomic E-state index is 6.77. The summed E-state index contributed by atoms with van der Waals surface area (Å²) in [5, 5.41) is 9.11. The molecule has 0 unspecified atom stereocenters. The molecule has 0 N–H and O–H groups in total. The molecule has 0 amide bonds. The molecule has 0 aliphatic heterocycles. The van der Waals surface area contributed by atoms with Crippen molar-refractivity contribution < 1.29 is 8.83 Å². The van der Waals surface area contributed by atoms with Gasteiger partial charge >= 0.3 is 0 Å². The van der Waals surface area contributed by atoms with Gasteiger partial charge in [0.05, 0.1) is 27.8 Å². The van der Waals surface area contributed by atoms with Crippen molar-refractivity contribution in [3.63, 3.8) is 0 Å². The Morgan fingerprint density at radius 3 is 1.90 bits per heavy atom. The minimum Gasteiger partial charge on any atom is -0.456 e. The Bertz CT molecular complexity index is 3870. The summed E-state index contributed by atoms with van der Waals surface area (Å²) in [6, 6.07) is 77.9. The van der Waals surface area contributed by atoms with Crippen LogP contribution in [0.5, 0.6) is 0 Å². The van der Waals surface area contributed by atoms with E-state index in [9.17, 15) is 0 Å². The van der Waals surface area contributed by atoms with Crippen LogP contribution in [-0.4, -0.2) is 4.57 Å². The predicted molar refractivity (Wildman–Crippen MR) is 258 cm³/mol. The van der Waals surface area contributed by atoms with Crippen LogP contribution in [0.15, 0.2) is 227 Å². The molecule has 4 heteroatoms. The number of hydrogen-bond acceptors (Lipinski definition) is 3. The fourth-order valence-corrected chi connectivity index (χ4v) is 9.84. The molecule has 0 bridgehead atoms. The van der Waals surface area contributed by atoms with Gasteiger partial charge in [0, 0.05) is 49.3 Å². The topological polar surface area (TPSA) is 34.5 Å². The molecule has 290 valence electrons. The lowest BCUT2D eigenvalue weighted by Gasteiger charge is -2.28. The number of aromatic nitrogens is 1. The summed E-state index contributed by atoms with van der Waals surface area (Å²) >= 11 is 0. The fourth-order valence-electron chi connectivity index (χ4n) is 9.84. The normalized spacial score (nSPS) is 11.9. The van der Waals surface area contributed by atoms with Gasteiger partial charge in [-0.15, -0.1) is 0 Å². The van der Waals surface area contributed by atoms with Gasteiger partial charge in [-0.3, -0.25) is 0 Å². The number of furan rings is 2. The molecule has 0 radical (unpaired) electrons. The zero-order chi connectivity index (χ0) is 40.7. The third kappa shape index (κ3) is 5.20. The van der Waals surface area contributed by atoms with Crippen LogP contribution in [0.3, 0.4) is 0 Å². The Hall–Kier alpha value is -8.34. The Kier molecular flexibility index (Phi) is 7.57. The minimum atomic E-state index is 0.845. The summed E-state index contributed by atoms with van der Waals surface area (Å²) in [5.41, 5.74) is 14.6. The molecule has 3 aromatic heterocycles.